The molecule has 0 saturated heterocycles. The number of hydrogen-bond donors (Lipinski definition) is 2. The topological polar surface area (TPSA) is 75.3 Å². The van der Waals surface area contributed by atoms with Crippen molar-refractivity contribution in [3.8, 4) is 0 Å². The van der Waals surface area contributed by atoms with Crippen molar-refractivity contribution in [2.24, 2.45) is 0 Å². The molecule has 19 heavy (non-hydrogen) atoms. The van der Waals surface area contributed by atoms with Crippen molar-refractivity contribution < 1.29 is 13.2 Å². The Labute approximate surface area is 113 Å². The number of rotatable bonds is 5. The van der Waals surface area contributed by atoms with E-state index in [9.17, 15) is 13.2 Å². The maximum Gasteiger partial charge on any atom is 0.328 e. The quantitative estimate of drug-likeness (QED) is 0.868. The van der Waals surface area contributed by atoms with Crippen molar-refractivity contribution >= 4 is 21.6 Å². The molecule has 2 N–H and O–H groups in total. The fourth-order valence-corrected chi connectivity index (χ4v) is 2.43. The number of carbonyl (C=O) groups is 1. The van der Waals surface area contributed by atoms with E-state index in [-0.39, 0.29) is 0 Å². The summed E-state index contributed by atoms with van der Waals surface area (Å²) < 4.78 is 25.4. The van der Waals surface area contributed by atoms with Gasteiger partial charge in [-0.1, -0.05) is 37.3 Å². The number of allylic oxidation sites excluding steroid dienone is 1. The molecular formula is C13H18N2O3S. The molecule has 0 aliphatic carbocycles. The van der Waals surface area contributed by atoms with Gasteiger partial charge < -0.3 is 5.32 Å². The highest BCUT2D eigenvalue weighted by Crippen LogP contribution is 2.13. The van der Waals surface area contributed by atoms with Crippen molar-refractivity contribution in [3.63, 3.8) is 0 Å². The van der Waals surface area contributed by atoms with Crippen molar-refractivity contribution in [1.82, 2.24) is 10.0 Å². The lowest BCUT2D eigenvalue weighted by Crippen LogP contribution is -2.38. The van der Waals surface area contributed by atoms with E-state index in [2.05, 4.69) is 5.32 Å². The van der Waals surface area contributed by atoms with E-state index in [1.165, 1.54) is 0 Å². The van der Waals surface area contributed by atoms with Crippen LogP contribution in [0.15, 0.2) is 35.7 Å². The van der Waals surface area contributed by atoms with Crippen molar-refractivity contribution in [2.45, 2.75) is 20.3 Å². The van der Waals surface area contributed by atoms with Crippen molar-refractivity contribution in [2.75, 3.05) is 6.54 Å². The first-order valence-electron chi connectivity index (χ1n) is 5.99. The lowest BCUT2D eigenvalue weighted by molar-refractivity contribution is 0.246. The number of sulfonamides is 1. The Balaban J connectivity index is 2.76. The molecule has 0 fully saturated rings. The highest BCUT2D eigenvalue weighted by molar-refractivity contribution is 7.93. The third kappa shape index (κ3) is 5.56. The molecule has 104 valence electrons. The van der Waals surface area contributed by atoms with Gasteiger partial charge in [-0.15, -0.1) is 0 Å². The summed E-state index contributed by atoms with van der Waals surface area (Å²) in [7, 11) is -3.78. The Kier molecular flexibility index (Phi) is 5.57. The molecule has 0 heterocycles. The summed E-state index contributed by atoms with van der Waals surface area (Å²) in [6.07, 6.45) is 0.742. The minimum Gasteiger partial charge on any atom is -0.337 e. The van der Waals surface area contributed by atoms with Gasteiger partial charge in [0.25, 0.3) is 10.0 Å². The minimum atomic E-state index is -3.78. The summed E-state index contributed by atoms with van der Waals surface area (Å²) in [4.78, 5) is 11.3. The van der Waals surface area contributed by atoms with Gasteiger partial charge in [0, 0.05) is 6.54 Å². The highest BCUT2D eigenvalue weighted by atomic mass is 32.2. The Hall–Kier alpha value is -1.82. The van der Waals surface area contributed by atoms with Crippen LogP contribution in [-0.2, 0) is 10.0 Å². The van der Waals surface area contributed by atoms with Crippen molar-refractivity contribution in [3.05, 3.63) is 41.3 Å². The first-order chi connectivity index (χ1) is 8.94. The van der Waals surface area contributed by atoms with Crippen LogP contribution >= 0.6 is 0 Å². The van der Waals surface area contributed by atoms with Gasteiger partial charge in [-0.3, -0.25) is 0 Å². The van der Waals surface area contributed by atoms with E-state index in [1.807, 2.05) is 29.8 Å². The molecule has 1 rings (SSSR count). The second-order valence-corrected chi connectivity index (χ2v) is 5.60. The molecule has 0 aliphatic rings. The first-order valence-corrected chi connectivity index (χ1v) is 7.53. The molecule has 0 aliphatic heterocycles. The molecule has 0 radical (unpaired) electrons. The Bertz CT molecular complexity index is 551. The number of urea groups is 1. The molecule has 0 atom stereocenters. The van der Waals surface area contributed by atoms with Gasteiger partial charge in [-0.2, -0.15) is 0 Å². The maximum absolute atomic E-state index is 11.7. The first kappa shape index (κ1) is 15.2. The molecule has 0 aromatic heterocycles. The van der Waals surface area contributed by atoms with Crippen LogP contribution in [0.25, 0.3) is 5.57 Å². The van der Waals surface area contributed by atoms with E-state index >= 15 is 0 Å². The predicted octanol–water partition coefficient (Wildman–Crippen LogP) is 2.09. The van der Waals surface area contributed by atoms with Crippen LogP contribution in [0.2, 0.25) is 0 Å². The number of amides is 2. The van der Waals surface area contributed by atoms with E-state index in [0.29, 0.717) is 12.1 Å². The summed E-state index contributed by atoms with van der Waals surface area (Å²) in [5.41, 5.74) is 1.36. The minimum absolute atomic E-state index is 0.433. The number of hydrogen-bond acceptors (Lipinski definition) is 3. The Morgan fingerprint density at radius 1 is 1.26 bits per heavy atom. The van der Waals surface area contributed by atoms with Gasteiger partial charge >= 0.3 is 6.03 Å². The van der Waals surface area contributed by atoms with E-state index < -0.39 is 16.1 Å². The standard InChI is InChI=1S/C13H18N2O3S/c1-3-9-14-13(16)15-19(17,18)10-11(2)12-7-5-4-6-8-12/h4-8,10H,3,9H2,1-2H3,(H2,14,15,16). The fraction of sp³-hybridized carbons (Fsp3) is 0.308. The number of nitrogens with one attached hydrogen (secondary N) is 2. The Morgan fingerprint density at radius 3 is 2.47 bits per heavy atom. The maximum atomic E-state index is 11.7. The number of benzene rings is 1. The largest absolute Gasteiger partial charge is 0.337 e. The van der Waals surface area contributed by atoms with Crippen LogP contribution in [0.1, 0.15) is 25.8 Å². The zero-order valence-electron chi connectivity index (χ0n) is 11.0. The van der Waals surface area contributed by atoms with Crippen molar-refractivity contribution in [1.29, 1.82) is 0 Å². The van der Waals surface area contributed by atoms with Gasteiger partial charge in [-0.05, 0) is 24.5 Å². The van der Waals surface area contributed by atoms with Gasteiger partial charge in [0.15, 0.2) is 0 Å². The van der Waals surface area contributed by atoms with Gasteiger partial charge in [0.1, 0.15) is 0 Å². The summed E-state index contributed by atoms with van der Waals surface area (Å²) >= 11 is 0. The molecule has 5 nitrogen and oxygen atoms in total. The zero-order valence-corrected chi connectivity index (χ0v) is 11.8. The van der Waals surface area contributed by atoms with Gasteiger partial charge in [0.05, 0.1) is 5.41 Å². The van der Waals surface area contributed by atoms with E-state index in [1.54, 1.807) is 19.1 Å². The van der Waals surface area contributed by atoms with Gasteiger partial charge in [-0.25, -0.2) is 17.9 Å². The van der Waals surface area contributed by atoms with E-state index in [4.69, 9.17) is 0 Å². The summed E-state index contributed by atoms with van der Waals surface area (Å²) in [6, 6.07) is 8.39. The zero-order chi connectivity index (χ0) is 14.3. The molecular weight excluding hydrogens is 264 g/mol. The molecule has 6 heteroatoms. The van der Waals surface area contributed by atoms with Crippen LogP contribution in [-0.4, -0.2) is 21.0 Å². The predicted molar refractivity (Wildman–Crippen MR) is 75.8 cm³/mol. The van der Waals surface area contributed by atoms with Crippen LogP contribution < -0.4 is 10.0 Å². The van der Waals surface area contributed by atoms with Crippen LogP contribution in [0.3, 0.4) is 0 Å². The Morgan fingerprint density at radius 2 is 1.89 bits per heavy atom. The second-order valence-electron chi connectivity index (χ2n) is 4.07. The smallest absolute Gasteiger partial charge is 0.328 e. The molecule has 0 spiro atoms. The third-order valence-corrected chi connectivity index (χ3v) is 3.47. The fourth-order valence-electron chi connectivity index (χ4n) is 1.44. The third-order valence-electron chi connectivity index (χ3n) is 2.33. The summed E-state index contributed by atoms with van der Waals surface area (Å²) in [5, 5.41) is 3.49. The van der Waals surface area contributed by atoms with Gasteiger partial charge in [0.2, 0.25) is 0 Å². The van der Waals surface area contributed by atoms with E-state index in [0.717, 1.165) is 17.4 Å². The lowest BCUT2D eigenvalue weighted by atomic mass is 10.1. The number of carbonyl (C=O) groups excluding carboxylic acids is 1. The average Bonchev–Trinajstić information content (AvgIpc) is 2.36. The average molecular weight is 282 g/mol. The van der Waals surface area contributed by atoms with Crippen LogP contribution in [0.4, 0.5) is 4.79 Å². The lowest BCUT2D eigenvalue weighted by Gasteiger charge is -2.06. The molecule has 0 saturated carbocycles. The SMILES string of the molecule is CCCNC(=O)NS(=O)(=O)C=C(C)c1ccccc1. The second kappa shape index (κ2) is 6.94. The normalized spacial score (nSPS) is 12.0. The highest BCUT2D eigenvalue weighted by Gasteiger charge is 2.11. The summed E-state index contributed by atoms with van der Waals surface area (Å²) in [6.45, 7) is 4.00. The van der Waals surface area contributed by atoms with Crippen LogP contribution in [0, 0.1) is 0 Å². The molecule has 0 bridgehead atoms. The molecule has 0 unspecified atom stereocenters. The molecule has 2 amide bonds. The summed E-state index contributed by atoms with van der Waals surface area (Å²) in [5.74, 6) is 0. The monoisotopic (exact) mass is 282 g/mol. The van der Waals surface area contributed by atoms with Crippen LogP contribution in [0.5, 0.6) is 0 Å². The molecule has 1 aromatic rings. The molecule has 1 aromatic carbocycles.